The number of hydrogen-bond acceptors (Lipinski definition) is 5. The number of benzene rings is 1. The lowest BCUT2D eigenvalue weighted by atomic mass is 10.1. The average molecular weight is 368 g/mol. The maximum absolute atomic E-state index is 12.6. The molecular formula is C20H20N2O3S. The van der Waals surface area contributed by atoms with Gasteiger partial charge in [0.05, 0.1) is 12.5 Å². The second-order valence-electron chi connectivity index (χ2n) is 6.46. The van der Waals surface area contributed by atoms with Crippen molar-refractivity contribution < 1.29 is 9.84 Å². The molecule has 134 valence electrons. The Balaban J connectivity index is 1.70. The number of phenols is 1. The van der Waals surface area contributed by atoms with Crippen LogP contribution >= 0.6 is 11.3 Å². The number of thiophene rings is 1. The van der Waals surface area contributed by atoms with Gasteiger partial charge < -0.3 is 14.8 Å². The Bertz CT molecular complexity index is 1050. The van der Waals surface area contributed by atoms with Crippen LogP contribution in [0.2, 0.25) is 0 Å². The normalized spacial score (nSPS) is 14.5. The van der Waals surface area contributed by atoms with Crippen molar-refractivity contribution in [2.45, 2.75) is 32.1 Å². The van der Waals surface area contributed by atoms with Gasteiger partial charge in [0, 0.05) is 4.88 Å². The zero-order chi connectivity index (χ0) is 18.1. The monoisotopic (exact) mass is 368 g/mol. The molecule has 4 rings (SSSR count). The number of aromatic amines is 1. The smallest absolute Gasteiger partial charge is 0.260 e. The molecule has 26 heavy (non-hydrogen) atoms. The number of nitrogens with one attached hydrogen (secondary N) is 1. The molecule has 0 atom stereocenters. The second-order valence-corrected chi connectivity index (χ2v) is 7.54. The number of nitrogens with zero attached hydrogens (tertiary/aromatic N) is 1. The zero-order valence-electron chi connectivity index (χ0n) is 14.5. The first-order chi connectivity index (χ1) is 12.7. The van der Waals surface area contributed by atoms with Crippen molar-refractivity contribution in [2.75, 3.05) is 7.11 Å². The van der Waals surface area contributed by atoms with Crippen molar-refractivity contribution in [1.29, 1.82) is 0 Å². The van der Waals surface area contributed by atoms with Gasteiger partial charge in [-0.25, -0.2) is 4.98 Å². The van der Waals surface area contributed by atoms with E-state index in [0.29, 0.717) is 11.6 Å². The number of aryl methyl sites for hydroxylation is 2. The Morgan fingerprint density at radius 1 is 1.23 bits per heavy atom. The molecule has 0 spiro atoms. The van der Waals surface area contributed by atoms with Gasteiger partial charge in [-0.05, 0) is 55.0 Å². The Labute approximate surface area is 155 Å². The van der Waals surface area contributed by atoms with E-state index >= 15 is 0 Å². The average Bonchev–Trinajstić information content (AvgIpc) is 2.83. The lowest BCUT2D eigenvalue weighted by Gasteiger charge is -2.03. The first kappa shape index (κ1) is 16.8. The van der Waals surface area contributed by atoms with E-state index < -0.39 is 0 Å². The number of methoxy groups -OCH3 is 1. The van der Waals surface area contributed by atoms with Crippen molar-refractivity contribution in [3.63, 3.8) is 0 Å². The maximum atomic E-state index is 12.6. The summed E-state index contributed by atoms with van der Waals surface area (Å²) >= 11 is 1.65. The van der Waals surface area contributed by atoms with Crippen LogP contribution in [0.3, 0.4) is 0 Å². The van der Waals surface area contributed by atoms with Gasteiger partial charge in [0.25, 0.3) is 5.56 Å². The zero-order valence-corrected chi connectivity index (χ0v) is 15.4. The highest BCUT2D eigenvalue weighted by Gasteiger charge is 2.18. The largest absolute Gasteiger partial charge is 0.504 e. The third-order valence-electron chi connectivity index (χ3n) is 4.73. The van der Waals surface area contributed by atoms with Crippen LogP contribution < -0.4 is 10.3 Å². The van der Waals surface area contributed by atoms with E-state index in [-0.39, 0.29) is 11.3 Å². The second kappa shape index (κ2) is 6.96. The Kier molecular flexibility index (Phi) is 4.51. The summed E-state index contributed by atoms with van der Waals surface area (Å²) in [5.41, 5.74) is 2.00. The van der Waals surface area contributed by atoms with Crippen molar-refractivity contribution in [3.05, 3.63) is 50.4 Å². The number of H-pyrrole nitrogens is 1. The van der Waals surface area contributed by atoms with E-state index in [2.05, 4.69) is 9.97 Å². The van der Waals surface area contributed by atoms with E-state index in [0.717, 1.165) is 35.0 Å². The van der Waals surface area contributed by atoms with E-state index in [1.807, 2.05) is 6.08 Å². The van der Waals surface area contributed by atoms with Crippen LogP contribution in [0.15, 0.2) is 23.0 Å². The Morgan fingerprint density at radius 2 is 2.08 bits per heavy atom. The molecule has 2 heterocycles. The molecule has 1 aliphatic rings. The highest BCUT2D eigenvalue weighted by atomic mass is 32.1. The number of fused-ring (bicyclic) bond motifs is 3. The third-order valence-corrected chi connectivity index (χ3v) is 5.92. The van der Waals surface area contributed by atoms with Gasteiger partial charge >= 0.3 is 0 Å². The summed E-state index contributed by atoms with van der Waals surface area (Å²) < 4.78 is 5.12. The molecule has 0 bridgehead atoms. The molecule has 5 nitrogen and oxygen atoms in total. The minimum Gasteiger partial charge on any atom is -0.504 e. The fourth-order valence-electron chi connectivity index (χ4n) is 3.41. The maximum Gasteiger partial charge on any atom is 0.260 e. The van der Waals surface area contributed by atoms with E-state index in [9.17, 15) is 9.90 Å². The minimum atomic E-state index is -0.0580. The topological polar surface area (TPSA) is 75.2 Å². The number of ether oxygens (including phenoxy) is 1. The Hall–Kier alpha value is -2.60. The van der Waals surface area contributed by atoms with Gasteiger partial charge in [-0.15, -0.1) is 11.3 Å². The molecule has 1 aliphatic carbocycles. The highest BCUT2D eigenvalue weighted by molar-refractivity contribution is 7.18. The van der Waals surface area contributed by atoms with Crippen LogP contribution in [0.25, 0.3) is 22.4 Å². The lowest BCUT2D eigenvalue weighted by Crippen LogP contribution is -2.10. The predicted octanol–water partition coefficient (Wildman–Crippen LogP) is 4.14. The van der Waals surface area contributed by atoms with Crippen LogP contribution in [0.4, 0.5) is 0 Å². The van der Waals surface area contributed by atoms with Crippen molar-refractivity contribution in [1.82, 2.24) is 9.97 Å². The van der Waals surface area contributed by atoms with Crippen LogP contribution in [0.5, 0.6) is 11.5 Å². The van der Waals surface area contributed by atoms with Gasteiger partial charge in [-0.1, -0.05) is 18.6 Å². The van der Waals surface area contributed by atoms with Gasteiger partial charge in [-0.3, -0.25) is 4.79 Å². The van der Waals surface area contributed by atoms with Crippen molar-refractivity contribution in [2.24, 2.45) is 0 Å². The Morgan fingerprint density at radius 3 is 2.92 bits per heavy atom. The van der Waals surface area contributed by atoms with E-state index in [1.54, 1.807) is 35.6 Å². The molecule has 0 fully saturated rings. The molecule has 1 aromatic carbocycles. The first-order valence-electron chi connectivity index (χ1n) is 8.75. The van der Waals surface area contributed by atoms with Crippen molar-refractivity contribution >= 4 is 33.7 Å². The summed E-state index contributed by atoms with van der Waals surface area (Å²) in [6.07, 6.45) is 9.19. The molecule has 0 saturated heterocycles. The fraction of sp³-hybridized carbons (Fsp3) is 0.300. The van der Waals surface area contributed by atoms with Gasteiger partial charge in [0.15, 0.2) is 11.5 Å². The number of phenolic OH excluding ortho intramolecular Hbond substituents is 1. The molecular weight excluding hydrogens is 348 g/mol. The lowest BCUT2D eigenvalue weighted by molar-refractivity contribution is 0.373. The van der Waals surface area contributed by atoms with Crippen LogP contribution in [0, 0.1) is 0 Å². The molecule has 0 radical (unpaired) electrons. The van der Waals surface area contributed by atoms with Crippen LogP contribution in [0.1, 0.15) is 41.1 Å². The van der Waals surface area contributed by atoms with E-state index in [4.69, 9.17) is 4.74 Å². The van der Waals surface area contributed by atoms with Gasteiger partial charge in [0.1, 0.15) is 10.7 Å². The van der Waals surface area contributed by atoms with E-state index in [1.165, 1.54) is 30.4 Å². The molecule has 0 saturated carbocycles. The highest BCUT2D eigenvalue weighted by Crippen LogP contribution is 2.33. The molecule has 6 heteroatoms. The summed E-state index contributed by atoms with van der Waals surface area (Å²) in [5, 5.41) is 10.4. The summed E-state index contributed by atoms with van der Waals surface area (Å²) in [6.45, 7) is 0. The first-order valence-corrected chi connectivity index (χ1v) is 9.57. The van der Waals surface area contributed by atoms with Crippen molar-refractivity contribution in [3.8, 4) is 11.5 Å². The molecule has 3 aromatic rings. The molecule has 0 unspecified atom stereocenters. The fourth-order valence-corrected chi connectivity index (χ4v) is 4.68. The number of hydrogen-bond donors (Lipinski definition) is 2. The van der Waals surface area contributed by atoms with Gasteiger partial charge in [-0.2, -0.15) is 0 Å². The SMILES string of the molecule is COc1cc(/C=C/c2nc3sc4c(c3c(=O)[nH]2)CCCCC4)ccc1O. The quantitative estimate of drug-likeness (QED) is 0.682. The molecule has 0 aliphatic heterocycles. The summed E-state index contributed by atoms with van der Waals surface area (Å²) in [7, 11) is 1.51. The van der Waals surface area contributed by atoms with Crippen LogP contribution in [-0.2, 0) is 12.8 Å². The van der Waals surface area contributed by atoms with Crippen LogP contribution in [-0.4, -0.2) is 22.2 Å². The number of aromatic hydroxyl groups is 1. The summed E-state index contributed by atoms with van der Waals surface area (Å²) in [4.78, 5) is 22.3. The molecule has 2 aromatic heterocycles. The van der Waals surface area contributed by atoms with Gasteiger partial charge in [0.2, 0.25) is 0 Å². The minimum absolute atomic E-state index is 0.0580. The predicted molar refractivity (Wildman–Crippen MR) is 105 cm³/mol. The summed E-state index contributed by atoms with van der Waals surface area (Å²) in [5.74, 6) is 1.04. The summed E-state index contributed by atoms with van der Waals surface area (Å²) in [6, 6.07) is 5.09. The number of aromatic nitrogens is 2. The number of rotatable bonds is 3. The molecule has 0 amide bonds. The third kappa shape index (κ3) is 3.12. The molecule has 2 N–H and O–H groups in total. The standard InChI is InChI=1S/C20H20N2O3S/c1-25-15-11-12(7-9-14(15)23)8-10-17-21-19(24)18-13-5-3-2-4-6-16(13)26-20(18)22-17/h7-11,23H,2-6H2,1H3,(H,21,22,24)/b10-8+.